The van der Waals surface area contributed by atoms with Crippen molar-refractivity contribution < 1.29 is 19.6 Å². The van der Waals surface area contributed by atoms with Gasteiger partial charge in [0, 0.05) is 56.2 Å². The number of amides is 2. The van der Waals surface area contributed by atoms with Crippen molar-refractivity contribution in [1.82, 2.24) is 16.0 Å². The number of nitrogens with one attached hydrogen (secondary N) is 3. The Morgan fingerprint density at radius 2 is 1.92 bits per heavy atom. The average Bonchev–Trinajstić information content (AvgIpc) is 2.98. The molecule has 1 aliphatic heterocycles. The lowest BCUT2D eigenvalue weighted by atomic mass is 10.1. The Balaban J connectivity index is 0.00000312. The standard InChI is InChI=1S/C15H20N4O5.ClH/c20-13-9-16-7-11(13)8-18-14(21)5-6-17-15(22)10-1-3-12(4-2-10)19(23)24;/h1-4,11,13,16,20H,5-9H2,(H,17,22)(H,18,21);1H. The zero-order valence-corrected chi connectivity index (χ0v) is 14.3. The van der Waals surface area contributed by atoms with Crippen LogP contribution in [0.5, 0.6) is 0 Å². The molecule has 1 fully saturated rings. The molecule has 9 nitrogen and oxygen atoms in total. The quantitative estimate of drug-likeness (QED) is 0.388. The van der Waals surface area contributed by atoms with Crippen LogP contribution in [0.15, 0.2) is 24.3 Å². The Morgan fingerprint density at radius 1 is 1.24 bits per heavy atom. The maximum atomic E-state index is 11.9. The highest BCUT2D eigenvalue weighted by atomic mass is 35.5. The smallest absolute Gasteiger partial charge is 0.269 e. The van der Waals surface area contributed by atoms with Crippen molar-refractivity contribution in [3.05, 3.63) is 39.9 Å². The van der Waals surface area contributed by atoms with Gasteiger partial charge in [0.1, 0.15) is 0 Å². The fraction of sp³-hybridized carbons (Fsp3) is 0.467. The van der Waals surface area contributed by atoms with Gasteiger partial charge in [-0.05, 0) is 12.1 Å². The minimum atomic E-state index is -0.539. The molecule has 1 aromatic rings. The van der Waals surface area contributed by atoms with Crippen LogP contribution in [0.2, 0.25) is 0 Å². The molecule has 0 aliphatic carbocycles. The molecule has 25 heavy (non-hydrogen) atoms. The molecular weight excluding hydrogens is 352 g/mol. The highest BCUT2D eigenvalue weighted by molar-refractivity contribution is 5.94. The van der Waals surface area contributed by atoms with Crippen LogP contribution in [-0.2, 0) is 4.79 Å². The fourth-order valence-electron chi connectivity index (χ4n) is 2.39. The molecule has 138 valence electrons. The molecule has 0 saturated carbocycles. The zero-order chi connectivity index (χ0) is 17.5. The maximum Gasteiger partial charge on any atom is 0.269 e. The highest BCUT2D eigenvalue weighted by Gasteiger charge is 2.24. The third kappa shape index (κ3) is 6.29. The van der Waals surface area contributed by atoms with E-state index in [0.29, 0.717) is 25.2 Å². The summed E-state index contributed by atoms with van der Waals surface area (Å²) < 4.78 is 0. The van der Waals surface area contributed by atoms with Gasteiger partial charge in [-0.2, -0.15) is 0 Å². The Kier molecular flexibility index (Phi) is 8.26. The summed E-state index contributed by atoms with van der Waals surface area (Å²) in [6.45, 7) is 1.75. The molecule has 1 aromatic carbocycles. The number of β-amino-alcohol motifs (C(OH)–C–C–N with tert-alkyl or cyclic N) is 1. The summed E-state index contributed by atoms with van der Waals surface area (Å²) in [6.07, 6.45) is -0.332. The number of hydrogen-bond acceptors (Lipinski definition) is 6. The third-order valence-corrected chi connectivity index (χ3v) is 3.84. The van der Waals surface area contributed by atoms with Gasteiger partial charge in [0.05, 0.1) is 11.0 Å². The second-order valence-electron chi connectivity index (χ2n) is 5.60. The number of non-ortho nitro benzene ring substituents is 1. The number of rotatable bonds is 7. The molecule has 1 heterocycles. The van der Waals surface area contributed by atoms with Crippen LogP contribution in [0.1, 0.15) is 16.8 Å². The first-order valence-electron chi connectivity index (χ1n) is 7.65. The summed E-state index contributed by atoms with van der Waals surface area (Å²) in [5.74, 6) is -0.602. The number of carbonyl (C=O) groups is 2. The van der Waals surface area contributed by atoms with E-state index in [9.17, 15) is 24.8 Å². The van der Waals surface area contributed by atoms with Gasteiger partial charge >= 0.3 is 0 Å². The topological polar surface area (TPSA) is 134 Å². The number of nitrogens with zero attached hydrogens (tertiary/aromatic N) is 1. The Labute approximate surface area is 150 Å². The van der Waals surface area contributed by atoms with E-state index < -0.39 is 16.9 Å². The van der Waals surface area contributed by atoms with E-state index in [1.54, 1.807) is 0 Å². The van der Waals surface area contributed by atoms with Gasteiger partial charge < -0.3 is 21.1 Å². The number of nitro benzene ring substituents is 1. The van der Waals surface area contributed by atoms with Gasteiger partial charge in [-0.3, -0.25) is 19.7 Å². The van der Waals surface area contributed by atoms with Crippen LogP contribution in [0, 0.1) is 16.0 Å². The molecule has 1 aliphatic rings. The number of nitro groups is 1. The lowest BCUT2D eigenvalue weighted by molar-refractivity contribution is -0.384. The molecule has 0 bridgehead atoms. The lowest BCUT2D eigenvalue weighted by Crippen LogP contribution is -2.36. The first-order valence-corrected chi connectivity index (χ1v) is 7.65. The largest absolute Gasteiger partial charge is 0.391 e. The van der Waals surface area contributed by atoms with Crippen LogP contribution in [0.3, 0.4) is 0 Å². The zero-order valence-electron chi connectivity index (χ0n) is 13.4. The van der Waals surface area contributed by atoms with E-state index in [1.807, 2.05) is 0 Å². The molecule has 4 N–H and O–H groups in total. The summed E-state index contributed by atoms with van der Waals surface area (Å²) >= 11 is 0. The normalized spacial score (nSPS) is 18.9. The molecule has 0 aromatic heterocycles. The molecule has 0 spiro atoms. The van der Waals surface area contributed by atoms with Crippen LogP contribution < -0.4 is 16.0 Å². The highest BCUT2D eigenvalue weighted by Crippen LogP contribution is 2.11. The van der Waals surface area contributed by atoms with Gasteiger partial charge in [0.15, 0.2) is 0 Å². The van der Waals surface area contributed by atoms with E-state index >= 15 is 0 Å². The van der Waals surface area contributed by atoms with Crippen molar-refractivity contribution in [1.29, 1.82) is 0 Å². The minimum Gasteiger partial charge on any atom is -0.391 e. The summed E-state index contributed by atoms with van der Waals surface area (Å²) in [5.41, 5.74) is 0.204. The van der Waals surface area contributed by atoms with E-state index in [0.717, 1.165) is 0 Å². The van der Waals surface area contributed by atoms with Gasteiger partial charge in [0.25, 0.3) is 11.6 Å². The van der Waals surface area contributed by atoms with Crippen molar-refractivity contribution in [2.45, 2.75) is 12.5 Å². The second kappa shape index (κ2) is 9.92. The minimum absolute atomic E-state index is 0. The van der Waals surface area contributed by atoms with Gasteiger partial charge in [-0.15, -0.1) is 12.4 Å². The predicted molar refractivity (Wildman–Crippen MR) is 92.7 cm³/mol. The number of benzene rings is 1. The summed E-state index contributed by atoms with van der Waals surface area (Å²) in [5, 5.41) is 28.5. The van der Waals surface area contributed by atoms with Crippen LogP contribution in [0.4, 0.5) is 5.69 Å². The van der Waals surface area contributed by atoms with Gasteiger partial charge in [-0.1, -0.05) is 0 Å². The van der Waals surface area contributed by atoms with Crippen molar-refractivity contribution >= 4 is 29.9 Å². The average molecular weight is 373 g/mol. The van der Waals surface area contributed by atoms with E-state index in [-0.39, 0.29) is 42.9 Å². The van der Waals surface area contributed by atoms with Crippen molar-refractivity contribution in [3.63, 3.8) is 0 Å². The Morgan fingerprint density at radius 3 is 2.48 bits per heavy atom. The van der Waals surface area contributed by atoms with Crippen molar-refractivity contribution in [2.75, 3.05) is 26.2 Å². The van der Waals surface area contributed by atoms with Gasteiger partial charge in [-0.25, -0.2) is 0 Å². The predicted octanol–water partition coefficient (Wildman–Crippen LogP) is -0.167. The number of halogens is 1. The third-order valence-electron chi connectivity index (χ3n) is 3.84. The van der Waals surface area contributed by atoms with Gasteiger partial charge in [0.2, 0.25) is 5.91 Å². The van der Waals surface area contributed by atoms with E-state index in [1.165, 1.54) is 24.3 Å². The molecule has 1 saturated heterocycles. The number of carbonyl (C=O) groups excluding carboxylic acids is 2. The summed E-state index contributed by atoms with van der Waals surface area (Å²) in [4.78, 5) is 33.6. The molecule has 2 rings (SSSR count). The molecule has 0 radical (unpaired) electrons. The molecular formula is C15H21ClN4O5. The second-order valence-corrected chi connectivity index (χ2v) is 5.60. The molecule has 10 heteroatoms. The number of aliphatic hydroxyl groups is 1. The molecule has 2 amide bonds. The van der Waals surface area contributed by atoms with Crippen LogP contribution in [-0.4, -0.2) is 54.1 Å². The van der Waals surface area contributed by atoms with Crippen molar-refractivity contribution in [2.24, 2.45) is 5.92 Å². The van der Waals surface area contributed by atoms with Crippen LogP contribution in [0.25, 0.3) is 0 Å². The van der Waals surface area contributed by atoms with E-state index in [2.05, 4.69) is 16.0 Å². The number of hydrogen-bond donors (Lipinski definition) is 4. The molecule has 2 atom stereocenters. The maximum absolute atomic E-state index is 11.9. The van der Waals surface area contributed by atoms with Crippen molar-refractivity contribution in [3.8, 4) is 0 Å². The molecule has 2 unspecified atom stereocenters. The van der Waals surface area contributed by atoms with Crippen LogP contribution >= 0.6 is 12.4 Å². The Bertz CT molecular complexity index is 610. The lowest BCUT2D eigenvalue weighted by Gasteiger charge is -2.14. The summed E-state index contributed by atoms with van der Waals surface area (Å²) in [6, 6.07) is 5.23. The SMILES string of the molecule is Cl.O=C(CCNC(=O)c1ccc([N+](=O)[O-])cc1)NCC1CNCC1O. The Hall–Kier alpha value is -2.23. The summed E-state index contributed by atoms with van der Waals surface area (Å²) in [7, 11) is 0. The first-order chi connectivity index (χ1) is 11.5. The van der Waals surface area contributed by atoms with E-state index in [4.69, 9.17) is 0 Å². The fourth-order valence-corrected chi connectivity index (χ4v) is 2.39. The first kappa shape index (κ1) is 20.8. The number of aliphatic hydroxyl groups excluding tert-OH is 1. The monoisotopic (exact) mass is 372 g/mol.